The summed E-state index contributed by atoms with van der Waals surface area (Å²) in [7, 11) is 0. The molecule has 7 heteroatoms. The third kappa shape index (κ3) is 5.88. The number of aryl methyl sites for hydroxylation is 1. The lowest BCUT2D eigenvalue weighted by Crippen LogP contribution is -2.44. The third-order valence-electron chi connectivity index (χ3n) is 3.09. The van der Waals surface area contributed by atoms with Crippen molar-refractivity contribution in [1.29, 1.82) is 0 Å². The number of imide groups is 1. The van der Waals surface area contributed by atoms with Crippen LogP contribution in [0.15, 0.2) is 34.9 Å². The number of urea groups is 1. The number of carbonyl (C=O) groups is 2. The molecular weight excluding hydrogens is 314 g/mol. The maximum absolute atomic E-state index is 12.0. The molecule has 0 spiro atoms. The summed E-state index contributed by atoms with van der Waals surface area (Å²) in [4.78, 5) is 27.8. The molecule has 2 aromatic heterocycles. The van der Waals surface area contributed by atoms with E-state index in [1.165, 1.54) is 9.75 Å². The van der Waals surface area contributed by atoms with Crippen LogP contribution < -0.4 is 10.6 Å². The fourth-order valence-corrected chi connectivity index (χ4v) is 3.09. The van der Waals surface area contributed by atoms with Gasteiger partial charge in [0, 0.05) is 22.8 Å². The van der Waals surface area contributed by atoms with Gasteiger partial charge in [0.25, 0.3) is 0 Å². The highest BCUT2D eigenvalue weighted by atomic mass is 32.1. The Hall–Kier alpha value is -2.12. The van der Waals surface area contributed by atoms with Crippen molar-refractivity contribution in [2.75, 3.05) is 13.1 Å². The van der Waals surface area contributed by atoms with E-state index < -0.39 is 6.03 Å². The highest BCUT2D eigenvalue weighted by Crippen LogP contribution is 2.18. The van der Waals surface area contributed by atoms with Crippen molar-refractivity contribution in [2.24, 2.45) is 0 Å². The fourth-order valence-electron chi connectivity index (χ4n) is 2.16. The van der Waals surface area contributed by atoms with Gasteiger partial charge in [-0.3, -0.25) is 15.0 Å². The van der Waals surface area contributed by atoms with Crippen molar-refractivity contribution in [2.45, 2.75) is 26.9 Å². The molecule has 0 atom stereocenters. The molecule has 124 valence electrons. The Bertz CT molecular complexity index is 637. The van der Waals surface area contributed by atoms with Crippen molar-refractivity contribution in [1.82, 2.24) is 15.5 Å². The Balaban J connectivity index is 1.97. The first-order chi connectivity index (χ1) is 11.1. The van der Waals surface area contributed by atoms with Crippen LogP contribution in [-0.2, 0) is 17.9 Å². The van der Waals surface area contributed by atoms with Gasteiger partial charge in [0.15, 0.2) is 0 Å². The number of furan rings is 1. The molecule has 0 radical (unpaired) electrons. The molecule has 0 unspecified atom stereocenters. The Kier molecular flexibility index (Phi) is 6.37. The van der Waals surface area contributed by atoms with Crippen LogP contribution in [0.3, 0.4) is 0 Å². The molecule has 0 aliphatic carbocycles. The van der Waals surface area contributed by atoms with E-state index in [4.69, 9.17) is 4.42 Å². The number of rotatable bonds is 7. The molecule has 0 bridgehead atoms. The molecular formula is C16H21N3O3S. The SMILES string of the molecule is CCNC(=O)NC(=O)CN(Cc1ccco1)Cc1ccc(C)s1. The molecule has 2 N–H and O–H groups in total. The van der Waals surface area contributed by atoms with Gasteiger partial charge in [0.2, 0.25) is 5.91 Å². The van der Waals surface area contributed by atoms with Gasteiger partial charge in [-0.25, -0.2) is 4.79 Å². The number of nitrogens with zero attached hydrogens (tertiary/aromatic N) is 1. The lowest BCUT2D eigenvalue weighted by molar-refractivity contribution is -0.121. The molecule has 3 amide bonds. The summed E-state index contributed by atoms with van der Waals surface area (Å²) in [6.45, 7) is 5.58. The maximum atomic E-state index is 12.0. The first kappa shape index (κ1) is 17.2. The molecule has 0 aliphatic heterocycles. The Morgan fingerprint density at radius 1 is 1.26 bits per heavy atom. The molecule has 23 heavy (non-hydrogen) atoms. The first-order valence-electron chi connectivity index (χ1n) is 7.44. The van der Waals surface area contributed by atoms with Gasteiger partial charge < -0.3 is 9.73 Å². The highest BCUT2D eigenvalue weighted by Gasteiger charge is 2.15. The van der Waals surface area contributed by atoms with Crippen molar-refractivity contribution < 1.29 is 14.0 Å². The van der Waals surface area contributed by atoms with Gasteiger partial charge in [0.05, 0.1) is 19.4 Å². The zero-order valence-corrected chi connectivity index (χ0v) is 14.1. The van der Waals surface area contributed by atoms with Crippen LogP contribution in [0.5, 0.6) is 0 Å². The van der Waals surface area contributed by atoms with Gasteiger partial charge in [0.1, 0.15) is 5.76 Å². The van der Waals surface area contributed by atoms with Crippen molar-refractivity contribution >= 4 is 23.3 Å². The molecule has 6 nitrogen and oxygen atoms in total. The predicted octanol–water partition coefficient (Wildman–Crippen LogP) is 2.50. The van der Waals surface area contributed by atoms with E-state index in [1.54, 1.807) is 24.5 Å². The second-order valence-electron chi connectivity index (χ2n) is 5.14. The summed E-state index contributed by atoms with van der Waals surface area (Å²) in [5, 5.41) is 4.87. The number of amides is 3. The van der Waals surface area contributed by atoms with Gasteiger partial charge in [-0.2, -0.15) is 0 Å². The smallest absolute Gasteiger partial charge is 0.321 e. The van der Waals surface area contributed by atoms with E-state index in [0.717, 1.165) is 5.76 Å². The van der Waals surface area contributed by atoms with Gasteiger partial charge in [-0.1, -0.05) is 0 Å². The summed E-state index contributed by atoms with van der Waals surface area (Å²) in [6, 6.07) is 7.32. The molecule has 0 aliphatic rings. The average molecular weight is 335 g/mol. The minimum absolute atomic E-state index is 0.120. The lowest BCUT2D eigenvalue weighted by Gasteiger charge is -2.19. The Labute approximate surface area is 139 Å². The van der Waals surface area contributed by atoms with E-state index >= 15 is 0 Å². The van der Waals surface area contributed by atoms with Crippen molar-refractivity contribution in [3.05, 3.63) is 46.0 Å². The van der Waals surface area contributed by atoms with Gasteiger partial charge in [-0.05, 0) is 38.1 Å². The zero-order chi connectivity index (χ0) is 16.7. The van der Waals surface area contributed by atoms with E-state index in [-0.39, 0.29) is 12.5 Å². The van der Waals surface area contributed by atoms with Crippen molar-refractivity contribution in [3.8, 4) is 0 Å². The van der Waals surface area contributed by atoms with E-state index in [0.29, 0.717) is 19.6 Å². The van der Waals surface area contributed by atoms with Gasteiger partial charge in [-0.15, -0.1) is 11.3 Å². The molecule has 0 saturated carbocycles. The standard InChI is InChI=1S/C16H21N3O3S/c1-3-17-16(21)18-15(20)11-19(9-13-5-4-8-22-13)10-14-7-6-12(2)23-14/h4-8H,3,9-11H2,1-2H3,(H2,17,18,20,21). The summed E-state index contributed by atoms with van der Waals surface area (Å²) in [6.07, 6.45) is 1.61. The number of thiophene rings is 1. The summed E-state index contributed by atoms with van der Waals surface area (Å²) < 4.78 is 5.36. The Morgan fingerprint density at radius 3 is 2.70 bits per heavy atom. The molecule has 2 heterocycles. The minimum Gasteiger partial charge on any atom is -0.468 e. The zero-order valence-electron chi connectivity index (χ0n) is 13.3. The molecule has 2 rings (SSSR count). The van der Waals surface area contributed by atoms with Crippen LogP contribution in [0.1, 0.15) is 22.4 Å². The van der Waals surface area contributed by atoms with E-state index in [1.807, 2.05) is 24.0 Å². The topological polar surface area (TPSA) is 74.6 Å². The number of carbonyl (C=O) groups excluding carboxylic acids is 2. The summed E-state index contributed by atoms with van der Waals surface area (Å²) in [5.41, 5.74) is 0. The first-order valence-corrected chi connectivity index (χ1v) is 8.26. The van der Waals surface area contributed by atoms with Crippen LogP contribution in [0.25, 0.3) is 0 Å². The lowest BCUT2D eigenvalue weighted by atomic mass is 10.3. The normalized spacial score (nSPS) is 10.7. The van der Waals surface area contributed by atoms with Crippen LogP contribution in [0.2, 0.25) is 0 Å². The van der Waals surface area contributed by atoms with Crippen LogP contribution in [-0.4, -0.2) is 29.9 Å². The van der Waals surface area contributed by atoms with Crippen molar-refractivity contribution in [3.63, 3.8) is 0 Å². The van der Waals surface area contributed by atoms with E-state index in [9.17, 15) is 9.59 Å². The Morgan fingerprint density at radius 2 is 2.09 bits per heavy atom. The molecule has 0 saturated heterocycles. The summed E-state index contributed by atoms with van der Waals surface area (Å²) in [5.74, 6) is 0.444. The number of nitrogens with one attached hydrogen (secondary N) is 2. The maximum Gasteiger partial charge on any atom is 0.321 e. The van der Waals surface area contributed by atoms with Crippen LogP contribution in [0, 0.1) is 6.92 Å². The highest BCUT2D eigenvalue weighted by molar-refractivity contribution is 7.11. The number of hydrogen-bond acceptors (Lipinski definition) is 5. The van der Waals surface area contributed by atoms with E-state index in [2.05, 4.69) is 22.8 Å². The predicted molar refractivity (Wildman–Crippen MR) is 89.1 cm³/mol. The fraction of sp³-hybridized carbons (Fsp3) is 0.375. The third-order valence-corrected chi connectivity index (χ3v) is 4.08. The largest absolute Gasteiger partial charge is 0.468 e. The summed E-state index contributed by atoms with van der Waals surface area (Å²) >= 11 is 1.69. The quantitative estimate of drug-likeness (QED) is 0.815. The average Bonchev–Trinajstić information content (AvgIpc) is 3.11. The number of hydrogen-bond donors (Lipinski definition) is 2. The molecule has 0 fully saturated rings. The second kappa shape index (κ2) is 8.50. The van der Waals surface area contributed by atoms with Crippen LogP contribution >= 0.6 is 11.3 Å². The van der Waals surface area contributed by atoms with Crippen LogP contribution in [0.4, 0.5) is 4.79 Å². The molecule has 0 aromatic carbocycles. The molecule has 2 aromatic rings. The van der Waals surface area contributed by atoms with Gasteiger partial charge >= 0.3 is 6.03 Å². The minimum atomic E-state index is -0.470. The second-order valence-corrected chi connectivity index (χ2v) is 6.52. The monoisotopic (exact) mass is 335 g/mol.